The van der Waals surface area contributed by atoms with E-state index in [1.807, 2.05) is 0 Å². The van der Waals surface area contributed by atoms with E-state index in [-0.39, 0.29) is 5.54 Å². The molecular weight excluding hydrogens is 232 g/mol. The summed E-state index contributed by atoms with van der Waals surface area (Å²) in [4.78, 5) is 2.40. The van der Waals surface area contributed by atoms with Gasteiger partial charge in [-0.05, 0) is 33.9 Å². The molecule has 0 saturated carbocycles. The van der Waals surface area contributed by atoms with Gasteiger partial charge in [0.2, 0.25) is 0 Å². The van der Waals surface area contributed by atoms with Gasteiger partial charge in [-0.15, -0.1) is 0 Å². The third-order valence-corrected chi connectivity index (χ3v) is 4.38. The standard InChI is InChI=1S/C17H38N2/c1-5-6-7-8-9-10-11-12-13-14-15-19(4)17(2,3)16-18/h5-16,18H2,1-4H3. The molecule has 2 N–H and O–H groups in total. The van der Waals surface area contributed by atoms with Gasteiger partial charge in [0.25, 0.3) is 0 Å². The number of hydrogen-bond donors (Lipinski definition) is 1. The van der Waals surface area contributed by atoms with Gasteiger partial charge in [0.15, 0.2) is 0 Å². The Labute approximate surface area is 122 Å². The Balaban J connectivity index is 3.27. The van der Waals surface area contributed by atoms with E-state index < -0.39 is 0 Å². The minimum atomic E-state index is 0.152. The second kappa shape index (κ2) is 11.7. The van der Waals surface area contributed by atoms with Crippen molar-refractivity contribution in [2.45, 2.75) is 90.5 Å². The molecule has 2 heteroatoms. The Kier molecular flexibility index (Phi) is 11.7. The molecule has 0 unspecified atom stereocenters. The Morgan fingerprint density at radius 1 is 0.789 bits per heavy atom. The fourth-order valence-corrected chi connectivity index (χ4v) is 2.29. The van der Waals surface area contributed by atoms with Crippen LogP contribution < -0.4 is 5.73 Å². The maximum atomic E-state index is 5.79. The average molecular weight is 271 g/mol. The molecule has 0 aromatic carbocycles. The van der Waals surface area contributed by atoms with E-state index in [4.69, 9.17) is 5.73 Å². The van der Waals surface area contributed by atoms with Gasteiger partial charge in [-0.25, -0.2) is 0 Å². The van der Waals surface area contributed by atoms with Gasteiger partial charge in [0.1, 0.15) is 0 Å². The second-order valence-corrected chi connectivity index (χ2v) is 6.62. The highest BCUT2D eigenvalue weighted by Gasteiger charge is 2.20. The summed E-state index contributed by atoms with van der Waals surface area (Å²) in [5, 5.41) is 0. The van der Waals surface area contributed by atoms with Crippen LogP contribution >= 0.6 is 0 Å². The van der Waals surface area contributed by atoms with Crippen molar-refractivity contribution in [2.75, 3.05) is 20.1 Å². The Hall–Kier alpha value is -0.0800. The van der Waals surface area contributed by atoms with Crippen molar-refractivity contribution in [1.82, 2.24) is 4.90 Å². The summed E-state index contributed by atoms with van der Waals surface area (Å²) in [5.41, 5.74) is 5.94. The summed E-state index contributed by atoms with van der Waals surface area (Å²) in [6.07, 6.45) is 14.1. The SMILES string of the molecule is CCCCCCCCCCCCN(C)C(C)(C)CN. The molecule has 0 saturated heterocycles. The first-order valence-corrected chi connectivity index (χ1v) is 8.46. The summed E-state index contributed by atoms with van der Waals surface area (Å²) >= 11 is 0. The number of unbranched alkanes of at least 4 members (excludes halogenated alkanes) is 9. The molecule has 2 nitrogen and oxygen atoms in total. The molecule has 0 bridgehead atoms. The van der Waals surface area contributed by atoms with Crippen LogP contribution in [-0.2, 0) is 0 Å². The predicted octanol–water partition coefficient (Wildman–Crippen LogP) is 4.58. The topological polar surface area (TPSA) is 29.3 Å². The van der Waals surface area contributed by atoms with Crippen LogP contribution in [0.3, 0.4) is 0 Å². The lowest BCUT2D eigenvalue weighted by Gasteiger charge is -2.34. The molecule has 0 aliphatic carbocycles. The molecule has 0 aliphatic heterocycles. The lowest BCUT2D eigenvalue weighted by Crippen LogP contribution is -2.47. The van der Waals surface area contributed by atoms with E-state index >= 15 is 0 Å². The zero-order valence-electron chi connectivity index (χ0n) is 14.0. The van der Waals surface area contributed by atoms with Gasteiger partial charge in [-0.2, -0.15) is 0 Å². The Morgan fingerprint density at radius 3 is 1.63 bits per heavy atom. The van der Waals surface area contributed by atoms with Crippen molar-refractivity contribution in [3.05, 3.63) is 0 Å². The van der Waals surface area contributed by atoms with Crippen molar-refractivity contribution < 1.29 is 0 Å². The lowest BCUT2D eigenvalue weighted by molar-refractivity contribution is 0.160. The zero-order valence-corrected chi connectivity index (χ0v) is 14.0. The monoisotopic (exact) mass is 270 g/mol. The quantitative estimate of drug-likeness (QED) is 0.496. The molecule has 0 spiro atoms. The highest BCUT2D eigenvalue weighted by molar-refractivity contribution is 4.79. The van der Waals surface area contributed by atoms with E-state index in [0.29, 0.717) is 0 Å². The summed E-state index contributed by atoms with van der Waals surface area (Å²) in [6, 6.07) is 0. The molecule has 0 radical (unpaired) electrons. The normalized spacial score (nSPS) is 12.3. The second-order valence-electron chi connectivity index (χ2n) is 6.62. The van der Waals surface area contributed by atoms with Gasteiger partial charge in [0.05, 0.1) is 0 Å². The first kappa shape index (κ1) is 18.9. The first-order valence-electron chi connectivity index (χ1n) is 8.46. The van der Waals surface area contributed by atoms with Crippen molar-refractivity contribution in [3.63, 3.8) is 0 Å². The van der Waals surface area contributed by atoms with Crippen LogP contribution in [0, 0.1) is 0 Å². The molecule has 0 fully saturated rings. The number of likely N-dealkylation sites (N-methyl/N-ethyl adjacent to an activating group) is 1. The summed E-state index contributed by atoms with van der Waals surface area (Å²) in [7, 11) is 2.20. The van der Waals surface area contributed by atoms with Gasteiger partial charge in [-0.3, -0.25) is 4.90 Å². The van der Waals surface area contributed by atoms with Crippen molar-refractivity contribution in [2.24, 2.45) is 5.73 Å². The Morgan fingerprint density at radius 2 is 1.21 bits per heavy atom. The molecule has 19 heavy (non-hydrogen) atoms. The van der Waals surface area contributed by atoms with Gasteiger partial charge in [0, 0.05) is 12.1 Å². The number of rotatable bonds is 13. The number of nitrogens with zero attached hydrogens (tertiary/aromatic N) is 1. The molecule has 0 heterocycles. The van der Waals surface area contributed by atoms with Crippen LogP contribution in [0.4, 0.5) is 0 Å². The van der Waals surface area contributed by atoms with Crippen LogP contribution in [-0.4, -0.2) is 30.6 Å². The number of nitrogens with two attached hydrogens (primary N) is 1. The molecule has 116 valence electrons. The molecule has 0 amide bonds. The zero-order chi connectivity index (χ0) is 14.6. The molecule has 0 atom stereocenters. The van der Waals surface area contributed by atoms with Crippen LogP contribution in [0.2, 0.25) is 0 Å². The number of hydrogen-bond acceptors (Lipinski definition) is 2. The minimum absolute atomic E-state index is 0.152. The summed E-state index contributed by atoms with van der Waals surface area (Å²) in [6.45, 7) is 8.65. The van der Waals surface area contributed by atoms with Crippen LogP contribution in [0.1, 0.15) is 85.0 Å². The first-order chi connectivity index (χ1) is 9.04. The molecule has 0 aromatic rings. The third kappa shape index (κ3) is 10.4. The smallest absolute Gasteiger partial charge is 0.0272 e. The van der Waals surface area contributed by atoms with Crippen LogP contribution in [0.25, 0.3) is 0 Å². The van der Waals surface area contributed by atoms with Gasteiger partial charge in [-0.1, -0.05) is 64.7 Å². The Bertz CT molecular complexity index is 190. The maximum absolute atomic E-state index is 5.79. The largest absolute Gasteiger partial charge is 0.329 e. The van der Waals surface area contributed by atoms with Gasteiger partial charge < -0.3 is 5.73 Å². The maximum Gasteiger partial charge on any atom is 0.0272 e. The highest BCUT2D eigenvalue weighted by atomic mass is 15.2. The van der Waals surface area contributed by atoms with Crippen molar-refractivity contribution in [1.29, 1.82) is 0 Å². The minimum Gasteiger partial charge on any atom is -0.329 e. The third-order valence-electron chi connectivity index (χ3n) is 4.38. The fraction of sp³-hybridized carbons (Fsp3) is 1.00. The van der Waals surface area contributed by atoms with Crippen LogP contribution in [0.15, 0.2) is 0 Å². The van der Waals surface area contributed by atoms with Crippen molar-refractivity contribution in [3.8, 4) is 0 Å². The van der Waals surface area contributed by atoms with E-state index in [0.717, 1.165) is 6.54 Å². The van der Waals surface area contributed by atoms with E-state index in [1.54, 1.807) is 0 Å². The van der Waals surface area contributed by atoms with E-state index in [2.05, 4.69) is 32.7 Å². The van der Waals surface area contributed by atoms with Gasteiger partial charge >= 0.3 is 0 Å². The highest BCUT2D eigenvalue weighted by Crippen LogP contribution is 2.13. The molecule has 0 rings (SSSR count). The molecular formula is C17H38N2. The summed E-state index contributed by atoms with van der Waals surface area (Å²) < 4.78 is 0. The van der Waals surface area contributed by atoms with Crippen molar-refractivity contribution >= 4 is 0 Å². The summed E-state index contributed by atoms with van der Waals surface area (Å²) in [5.74, 6) is 0. The molecule has 0 aromatic heterocycles. The molecule has 0 aliphatic rings. The lowest BCUT2D eigenvalue weighted by atomic mass is 10.0. The van der Waals surface area contributed by atoms with Crippen LogP contribution in [0.5, 0.6) is 0 Å². The van der Waals surface area contributed by atoms with E-state index in [1.165, 1.54) is 70.8 Å². The fourth-order valence-electron chi connectivity index (χ4n) is 2.29. The predicted molar refractivity (Wildman–Crippen MR) is 87.6 cm³/mol. The average Bonchev–Trinajstić information content (AvgIpc) is 2.40. The van der Waals surface area contributed by atoms with E-state index in [9.17, 15) is 0 Å².